The van der Waals surface area contributed by atoms with Gasteiger partial charge in [0.15, 0.2) is 0 Å². The summed E-state index contributed by atoms with van der Waals surface area (Å²) in [5.41, 5.74) is 5.24. The molecule has 1 rings (SSSR count). The molecule has 0 aliphatic carbocycles. The summed E-state index contributed by atoms with van der Waals surface area (Å²) in [6.45, 7) is 6.76. The zero-order valence-corrected chi connectivity index (χ0v) is 12.2. The van der Waals surface area contributed by atoms with Crippen LogP contribution in [-0.4, -0.2) is 26.9 Å². The van der Waals surface area contributed by atoms with Crippen molar-refractivity contribution < 1.29 is 0 Å². The van der Waals surface area contributed by atoms with Crippen molar-refractivity contribution in [3.8, 4) is 0 Å². The smallest absolute Gasteiger partial charge is 0.346 e. The highest BCUT2D eigenvalue weighted by atomic mass is 16.2. The SMILES string of the molecule is Cn1nc(NCC(N)CC(C)(C)C)c(=O)n(C)c1=O. The van der Waals surface area contributed by atoms with E-state index in [1.54, 1.807) is 0 Å². The van der Waals surface area contributed by atoms with Gasteiger partial charge in [0.25, 0.3) is 5.56 Å². The molecule has 108 valence electrons. The first-order valence-electron chi connectivity index (χ1n) is 6.25. The Balaban J connectivity index is 2.80. The number of hydrogen-bond acceptors (Lipinski definition) is 5. The number of aromatic nitrogens is 3. The van der Waals surface area contributed by atoms with Gasteiger partial charge in [-0.1, -0.05) is 20.8 Å². The van der Waals surface area contributed by atoms with Gasteiger partial charge in [-0.05, 0) is 11.8 Å². The van der Waals surface area contributed by atoms with Gasteiger partial charge in [0.05, 0.1) is 0 Å². The quantitative estimate of drug-likeness (QED) is 0.779. The van der Waals surface area contributed by atoms with E-state index in [4.69, 9.17) is 5.73 Å². The largest absolute Gasteiger partial charge is 0.362 e. The number of nitrogens with two attached hydrogens (primary N) is 1. The number of rotatable bonds is 4. The Morgan fingerprint density at radius 1 is 1.32 bits per heavy atom. The number of aryl methyl sites for hydroxylation is 1. The minimum Gasteiger partial charge on any atom is -0.362 e. The molecule has 0 aliphatic rings. The molecule has 19 heavy (non-hydrogen) atoms. The normalized spacial score (nSPS) is 13.4. The number of nitrogens with zero attached hydrogens (tertiary/aromatic N) is 3. The van der Waals surface area contributed by atoms with E-state index in [1.807, 2.05) is 0 Å². The second kappa shape index (κ2) is 5.56. The molecule has 1 aromatic rings. The fourth-order valence-electron chi connectivity index (χ4n) is 1.90. The van der Waals surface area contributed by atoms with Crippen molar-refractivity contribution in [1.29, 1.82) is 0 Å². The van der Waals surface area contributed by atoms with Crippen molar-refractivity contribution in [3.05, 3.63) is 20.8 Å². The predicted octanol–water partition coefficient (Wildman–Crippen LogP) is -0.346. The molecule has 7 nitrogen and oxygen atoms in total. The van der Waals surface area contributed by atoms with Gasteiger partial charge in [0, 0.05) is 26.7 Å². The highest BCUT2D eigenvalue weighted by Crippen LogP contribution is 2.19. The minimum absolute atomic E-state index is 0.0799. The maximum Gasteiger partial charge on any atom is 0.346 e. The summed E-state index contributed by atoms with van der Waals surface area (Å²) in [5.74, 6) is 0.147. The summed E-state index contributed by atoms with van der Waals surface area (Å²) in [7, 11) is 2.93. The molecule has 0 saturated carbocycles. The Labute approximate surface area is 112 Å². The lowest BCUT2D eigenvalue weighted by atomic mass is 9.88. The van der Waals surface area contributed by atoms with Gasteiger partial charge in [0.1, 0.15) is 0 Å². The second-order valence-corrected chi connectivity index (χ2v) is 6.02. The molecule has 0 saturated heterocycles. The van der Waals surface area contributed by atoms with Gasteiger partial charge in [0.2, 0.25) is 5.82 Å². The molecule has 0 amide bonds. The first-order valence-corrected chi connectivity index (χ1v) is 6.25. The third-order valence-electron chi connectivity index (χ3n) is 2.73. The van der Waals surface area contributed by atoms with E-state index in [0.29, 0.717) is 6.54 Å². The summed E-state index contributed by atoms with van der Waals surface area (Å²) >= 11 is 0. The molecular weight excluding hydrogens is 246 g/mol. The Morgan fingerprint density at radius 2 is 1.89 bits per heavy atom. The van der Waals surface area contributed by atoms with Gasteiger partial charge in [-0.25, -0.2) is 9.48 Å². The minimum atomic E-state index is -0.450. The molecule has 0 aliphatic heterocycles. The van der Waals surface area contributed by atoms with E-state index in [-0.39, 0.29) is 17.3 Å². The van der Waals surface area contributed by atoms with E-state index in [1.165, 1.54) is 14.1 Å². The zero-order chi connectivity index (χ0) is 14.8. The van der Waals surface area contributed by atoms with Crippen LogP contribution in [0.15, 0.2) is 9.59 Å². The van der Waals surface area contributed by atoms with Crippen molar-refractivity contribution in [2.24, 2.45) is 25.2 Å². The Morgan fingerprint density at radius 3 is 2.42 bits per heavy atom. The van der Waals surface area contributed by atoms with Crippen molar-refractivity contribution in [3.63, 3.8) is 0 Å². The summed E-state index contributed by atoms with van der Waals surface area (Å²) in [6, 6.07) is -0.0799. The highest BCUT2D eigenvalue weighted by molar-refractivity contribution is 5.29. The summed E-state index contributed by atoms with van der Waals surface area (Å²) in [5, 5.41) is 6.82. The van der Waals surface area contributed by atoms with Gasteiger partial charge < -0.3 is 11.1 Å². The lowest BCUT2D eigenvalue weighted by Crippen LogP contribution is -2.41. The number of anilines is 1. The van der Waals surface area contributed by atoms with Crippen LogP contribution >= 0.6 is 0 Å². The fourth-order valence-corrected chi connectivity index (χ4v) is 1.90. The van der Waals surface area contributed by atoms with Crippen LogP contribution in [0.25, 0.3) is 0 Å². The topological polar surface area (TPSA) is 94.9 Å². The first kappa shape index (κ1) is 15.4. The van der Waals surface area contributed by atoms with Gasteiger partial charge in [-0.2, -0.15) is 0 Å². The van der Waals surface area contributed by atoms with Crippen molar-refractivity contribution in [1.82, 2.24) is 14.3 Å². The third-order valence-corrected chi connectivity index (χ3v) is 2.73. The summed E-state index contributed by atoms with van der Waals surface area (Å²) in [4.78, 5) is 23.3. The zero-order valence-electron chi connectivity index (χ0n) is 12.2. The van der Waals surface area contributed by atoms with Crippen LogP contribution in [0.5, 0.6) is 0 Å². The molecule has 0 aromatic carbocycles. The van der Waals surface area contributed by atoms with Crippen LogP contribution in [0.1, 0.15) is 27.2 Å². The van der Waals surface area contributed by atoms with Crippen LogP contribution in [-0.2, 0) is 14.1 Å². The fraction of sp³-hybridized carbons (Fsp3) is 0.750. The van der Waals surface area contributed by atoms with Crippen LogP contribution in [0.3, 0.4) is 0 Å². The molecule has 0 radical (unpaired) electrons. The van der Waals surface area contributed by atoms with Gasteiger partial charge in [-0.3, -0.25) is 9.36 Å². The van der Waals surface area contributed by atoms with E-state index in [9.17, 15) is 9.59 Å². The molecule has 0 spiro atoms. The molecule has 7 heteroatoms. The maximum atomic E-state index is 11.8. The maximum absolute atomic E-state index is 11.8. The summed E-state index contributed by atoms with van der Waals surface area (Å²) in [6.07, 6.45) is 0.825. The Hall–Kier alpha value is -1.63. The lowest BCUT2D eigenvalue weighted by Gasteiger charge is -2.23. The molecule has 1 aromatic heterocycles. The van der Waals surface area contributed by atoms with Crippen molar-refractivity contribution in [2.45, 2.75) is 33.2 Å². The summed E-state index contributed by atoms with van der Waals surface area (Å²) < 4.78 is 2.14. The van der Waals surface area contributed by atoms with Crippen molar-refractivity contribution >= 4 is 5.82 Å². The third kappa shape index (κ3) is 4.20. The molecule has 0 fully saturated rings. The highest BCUT2D eigenvalue weighted by Gasteiger charge is 2.16. The Kier molecular flexibility index (Phi) is 4.52. The lowest BCUT2D eigenvalue weighted by molar-refractivity contribution is 0.344. The number of nitrogens with one attached hydrogen (secondary N) is 1. The van der Waals surface area contributed by atoms with Crippen molar-refractivity contribution in [2.75, 3.05) is 11.9 Å². The molecular formula is C12H23N5O2. The molecule has 1 unspecified atom stereocenters. The molecule has 0 bridgehead atoms. The molecule has 3 N–H and O–H groups in total. The molecule has 1 heterocycles. The van der Waals surface area contributed by atoms with E-state index < -0.39 is 11.2 Å². The van der Waals surface area contributed by atoms with Crippen LogP contribution in [0.4, 0.5) is 5.82 Å². The Bertz CT molecular complexity index is 553. The van der Waals surface area contributed by atoms with Gasteiger partial charge >= 0.3 is 5.69 Å². The number of hydrogen-bond donors (Lipinski definition) is 2. The van der Waals surface area contributed by atoms with E-state index in [2.05, 4.69) is 31.2 Å². The van der Waals surface area contributed by atoms with Crippen LogP contribution in [0.2, 0.25) is 0 Å². The van der Waals surface area contributed by atoms with Gasteiger partial charge in [-0.15, -0.1) is 5.10 Å². The van der Waals surface area contributed by atoms with Crippen LogP contribution in [0, 0.1) is 5.41 Å². The van der Waals surface area contributed by atoms with E-state index in [0.717, 1.165) is 15.7 Å². The first-order chi connectivity index (χ1) is 8.61. The average molecular weight is 269 g/mol. The van der Waals surface area contributed by atoms with E-state index >= 15 is 0 Å². The monoisotopic (exact) mass is 269 g/mol. The molecule has 1 atom stereocenters. The van der Waals surface area contributed by atoms with Crippen LogP contribution < -0.4 is 22.3 Å². The second-order valence-electron chi connectivity index (χ2n) is 6.02. The predicted molar refractivity (Wildman–Crippen MR) is 75.3 cm³/mol. The standard InChI is InChI=1S/C12H23N5O2/c1-12(2,3)6-8(13)7-14-9-10(18)16(4)11(19)17(5)15-9/h8H,6-7,13H2,1-5H3,(H,14,15). The average Bonchev–Trinajstić information content (AvgIpc) is 2.27.